The van der Waals surface area contributed by atoms with Gasteiger partial charge in [0.25, 0.3) is 0 Å². The lowest BCUT2D eigenvalue weighted by atomic mass is 9.83. The number of ether oxygens (including phenoxy) is 1. The summed E-state index contributed by atoms with van der Waals surface area (Å²) in [4.78, 5) is 0. The van der Waals surface area contributed by atoms with Gasteiger partial charge in [-0.25, -0.2) is 0 Å². The van der Waals surface area contributed by atoms with Crippen LogP contribution in [0.15, 0.2) is 145 Å². The molecule has 190 valence electrons. The largest absolute Gasteiger partial charge is 0.456 e. The summed E-state index contributed by atoms with van der Waals surface area (Å²) in [5.74, 6) is 1.34. The van der Waals surface area contributed by atoms with Crippen molar-refractivity contribution >= 4 is 43.1 Å². The molecular formula is C40H24O. The molecule has 0 amide bonds. The molecule has 1 aliphatic heterocycles. The minimum Gasteiger partial charge on any atom is -0.456 e. The smallest absolute Gasteiger partial charge is 0.135 e. The molecule has 8 aromatic carbocycles. The van der Waals surface area contributed by atoms with Crippen molar-refractivity contribution in [3.05, 3.63) is 145 Å². The monoisotopic (exact) mass is 528 g/mol. The minimum atomic E-state index is -0.427. The first-order valence-electron chi connectivity index (χ1n) is 17.5. The third kappa shape index (κ3) is 3.24. The van der Waals surface area contributed by atoms with Crippen LogP contribution in [0, 0.1) is 0 Å². The molecule has 1 aliphatic rings. The van der Waals surface area contributed by atoms with Gasteiger partial charge in [-0.15, -0.1) is 0 Å². The third-order valence-corrected chi connectivity index (χ3v) is 8.08. The van der Waals surface area contributed by atoms with Gasteiger partial charge in [-0.2, -0.15) is 0 Å². The molecule has 0 aliphatic carbocycles. The summed E-state index contributed by atoms with van der Waals surface area (Å²) in [5.41, 5.74) is 3.63. The quantitative estimate of drug-likeness (QED) is 0.203. The predicted octanol–water partition coefficient (Wildman–Crippen LogP) is 11.4. The molecule has 0 saturated carbocycles. The second kappa shape index (κ2) is 8.55. The van der Waals surface area contributed by atoms with Gasteiger partial charge in [0, 0.05) is 10.9 Å². The highest BCUT2D eigenvalue weighted by atomic mass is 16.5. The summed E-state index contributed by atoms with van der Waals surface area (Å²) in [6.45, 7) is 0. The highest BCUT2D eigenvalue weighted by Gasteiger charge is 2.23. The maximum Gasteiger partial charge on any atom is 0.135 e. The number of benzene rings is 8. The molecule has 1 nitrogen and oxygen atoms in total. The number of hydrogen-bond acceptors (Lipinski definition) is 1. The van der Waals surface area contributed by atoms with Gasteiger partial charge in [0.15, 0.2) is 0 Å². The molecule has 1 heterocycles. The number of fused-ring (bicyclic) bond motifs is 5. The summed E-state index contributed by atoms with van der Waals surface area (Å²) in [5, 5.41) is 4.13. The van der Waals surface area contributed by atoms with Crippen molar-refractivity contribution in [1.29, 1.82) is 0 Å². The van der Waals surface area contributed by atoms with Crippen LogP contribution in [0.1, 0.15) is 11.0 Å². The molecule has 9 rings (SSSR count). The first-order valence-corrected chi connectivity index (χ1v) is 13.5. The maximum absolute atomic E-state index is 9.33. The molecule has 0 fully saturated rings. The fourth-order valence-corrected chi connectivity index (χ4v) is 6.33. The molecular weight excluding hydrogens is 496 g/mol. The van der Waals surface area contributed by atoms with Crippen LogP contribution < -0.4 is 4.74 Å². The number of rotatable bonds is 2. The number of para-hydroxylation sites is 1. The first kappa shape index (κ1) is 16.0. The second-order valence-corrected chi connectivity index (χ2v) is 10.2. The summed E-state index contributed by atoms with van der Waals surface area (Å²) in [7, 11) is 0. The van der Waals surface area contributed by atoms with Crippen molar-refractivity contribution in [2.45, 2.75) is 0 Å². The Bertz CT molecular complexity index is 2710. The lowest BCUT2D eigenvalue weighted by Crippen LogP contribution is -1.98. The Morgan fingerprint density at radius 3 is 1.85 bits per heavy atom. The van der Waals surface area contributed by atoms with E-state index in [0.717, 1.165) is 32.7 Å². The SMILES string of the molecule is [2H]c1c([2H])c([2H])c2c(-c3ccc4c5c(cccc35)Oc3ccccc3-4)c3c([2H])c([2H])c([2H])c([2H])c3c(-c3ccc4ccccc4c3)c2c1[2H]. The molecule has 0 N–H and O–H groups in total. The molecule has 0 radical (unpaired) electrons. The van der Waals surface area contributed by atoms with E-state index in [1.54, 1.807) is 0 Å². The highest BCUT2D eigenvalue weighted by Crippen LogP contribution is 2.51. The molecule has 0 bridgehead atoms. The minimum absolute atomic E-state index is 0.185. The van der Waals surface area contributed by atoms with E-state index >= 15 is 0 Å². The molecule has 41 heavy (non-hydrogen) atoms. The van der Waals surface area contributed by atoms with Crippen molar-refractivity contribution in [2.24, 2.45) is 0 Å². The van der Waals surface area contributed by atoms with Crippen LogP contribution in [0.4, 0.5) is 0 Å². The standard InChI is InChI=1S/C40H24O/c1-2-11-26-24-27(21-20-25(26)10-1)38-29-13-3-5-15-31(29)39(32-16-6-4-14-30(32)38)35-23-22-34-28-12-7-8-18-36(28)41-37-19-9-17-33(35)40(34)37/h1-24H/i3D,4D,5D,6D,13D,14D,15D,16D. The summed E-state index contributed by atoms with van der Waals surface area (Å²) >= 11 is 0. The lowest BCUT2D eigenvalue weighted by Gasteiger charge is -2.24. The fraction of sp³-hybridized carbons (Fsp3) is 0. The summed E-state index contributed by atoms with van der Waals surface area (Å²) in [6, 6.07) is 27.8. The number of hydrogen-bond donors (Lipinski definition) is 0. The van der Waals surface area contributed by atoms with Gasteiger partial charge in [-0.3, -0.25) is 0 Å². The van der Waals surface area contributed by atoms with Crippen LogP contribution in [-0.4, -0.2) is 0 Å². The van der Waals surface area contributed by atoms with Gasteiger partial charge < -0.3 is 4.74 Å². The Hall–Kier alpha value is -5.40. The van der Waals surface area contributed by atoms with Gasteiger partial charge in [-0.1, -0.05) is 127 Å². The fourth-order valence-electron chi connectivity index (χ4n) is 6.33. The van der Waals surface area contributed by atoms with Crippen LogP contribution >= 0.6 is 0 Å². The summed E-state index contributed by atoms with van der Waals surface area (Å²) < 4.78 is 78.6. The third-order valence-electron chi connectivity index (χ3n) is 8.08. The zero-order valence-electron chi connectivity index (χ0n) is 29.6. The van der Waals surface area contributed by atoms with Crippen molar-refractivity contribution in [2.75, 3.05) is 0 Å². The molecule has 0 aromatic heterocycles. The van der Waals surface area contributed by atoms with Gasteiger partial charge in [0.1, 0.15) is 11.5 Å². The van der Waals surface area contributed by atoms with Gasteiger partial charge >= 0.3 is 0 Å². The Morgan fingerprint density at radius 1 is 0.439 bits per heavy atom. The first-order chi connectivity index (χ1) is 23.7. The zero-order chi connectivity index (χ0) is 33.9. The van der Waals surface area contributed by atoms with Gasteiger partial charge in [0.05, 0.1) is 11.0 Å². The van der Waals surface area contributed by atoms with E-state index < -0.39 is 24.2 Å². The van der Waals surface area contributed by atoms with E-state index in [1.165, 1.54) is 0 Å². The van der Waals surface area contributed by atoms with Crippen LogP contribution in [0.2, 0.25) is 0 Å². The van der Waals surface area contributed by atoms with Gasteiger partial charge in [0.2, 0.25) is 0 Å². The Morgan fingerprint density at radius 2 is 1.07 bits per heavy atom. The topological polar surface area (TPSA) is 9.23 Å². The molecule has 0 spiro atoms. The van der Waals surface area contributed by atoms with Crippen molar-refractivity contribution in [3.8, 4) is 44.9 Å². The zero-order valence-corrected chi connectivity index (χ0v) is 21.6. The average Bonchev–Trinajstić information content (AvgIpc) is 3.13. The lowest BCUT2D eigenvalue weighted by molar-refractivity contribution is 0.487. The normalized spacial score (nSPS) is 14.8. The molecule has 0 saturated heterocycles. The van der Waals surface area contributed by atoms with Crippen LogP contribution in [0.25, 0.3) is 76.5 Å². The van der Waals surface area contributed by atoms with Crippen molar-refractivity contribution in [1.82, 2.24) is 0 Å². The molecule has 8 aromatic rings. The van der Waals surface area contributed by atoms with Crippen LogP contribution in [0.3, 0.4) is 0 Å². The predicted molar refractivity (Wildman–Crippen MR) is 173 cm³/mol. The van der Waals surface area contributed by atoms with Crippen LogP contribution in [0.5, 0.6) is 11.5 Å². The average molecular weight is 529 g/mol. The molecule has 0 atom stereocenters. The van der Waals surface area contributed by atoms with Crippen molar-refractivity contribution in [3.63, 3.8) is 0 Å². The second-order valence-electron chi connectivity index (χ2n) is 10.2. The van der Waals surface area contributed by atoms with E-state index in [-0.39, 0.29) is 45.7 Å². The molecule has 1 heteroatoms. The maximum atomic E-state index is 9.33. The van der Waals surface area contributed by atoms with Crippen molar-refractivity contribution < 1.29 is 15.7 Å². The Labute approximate surface area is 249 Å². The summed E-state index contributed by atoms with van der Waals surface area (Å²) in [6.07, 6.45) is 0. The van der Waals surface area contributed by atoms with E-state index in [2.05, 4.69) is 0 Å². The molecule has 0 unspecified atom stereocenters. The Balaban J connectivity index is 1.55. The van der Waals surface area contributed by atoms with Gasteiger partial charge in [-0.05, 0) is 83.7 Å². The van der Waals surface area contributed by atoms with E-state index in [1.807, 2.05) is 97.1 Å². The highest BCUT2D eigenvalue weighted by molar-refractivity contribution is 6.25. The van der Waals surface area contributed by atoms with E-state index in [9.17, 15) is 5.48 Å². The van der Waals surface area contributed by atoms with Crippen LogP contribution in [-0.2, 0) is 0 Å². The van der Waals surface area contributed by atoms with E-state index in [4.69, 9.17) is 10.2 Å². The Kier molecular flexibility index (Phi) is 3.34. The van der Waals surface area contributed by atoms with E-state index in [0.29, 0.717) is 33.8 Å².